The Balaban J connectivity index is 2.91. The molecule has 0 bridgehead atoms. The van der Waals surface area contributed by atoms with Crippen LogP contribution in [-0.2, 0) is 11.3 Å². The van der Waals surface area contributed by atoms with Crippen LogP contribution in [0.3, 0.4) is 0 Å². The molecule has 0 atom stereocenters. The van der Waals surface area contributed by atoms with E-state index in [4.69, 9.17) is 5.73 Å². The van der Waals surface area contributed by atoms with Gasteiger partial charge in [-0.25, -0.2) is 0 Å². The number of benzene rings is 1. The maximum atomic E-state index is 11.8. The van der Waals surface area contributed by atoms with Crippen LogP contribution in [0.25, 0.3) is 0 Å². The number of likely N-dealkylation sites (N-methyl/N-ethyl adjacent to an activating group) is 2. The fourth-order valence-corrected chi connectivity index (χ4v) is 2.28. The van der Waals surface area contributed by atoms with Gasteiger partial charge in [0.25, 0.3) is 0 Å². The van der Waals surface area contributed by atoms with E-state index in [9.17, 15) is 4.79 Å². The van der Waals surface area contributed by atoms with E-state index in [1.54, 1.807) is 19.0 Å². The molecule has 5 heteroatoms. The van der Waals surface area contributed by atoms with Crippen molar-refractivity contribution < 1.29 is 4.79 Å². The lowest BCUT2D eigenvalue weighted by atomic mass is 10.2. The summed E-state index contributed by atoms with van der Waals surface area (Å²) in [6.45, 7) is 3.71. The number of carbonyl (C=O) groups is 1. The molecule has 0 radical (unpaired) electrons. The Morgan fingerprint density at radius 1 is 1.39 bits per heavy atom. The van der Waals surface area contributed by atoms with E-state index in [1.807, 2.05) is 30.0 Å². The molecule has 0 saturated heterocycles. The number of hydrogen-bond donors (Lipinski definition) is 1. The summed E-state index contributed by atoms with van der Waals surface area (Å²) in [7, 11) is 3.53. The summed E-state index contributed by atoms with van der Waals surface area (Å²) in [4.78, 5) is 15.4. The van der Waals surface area contributed by atoms with Gasteiger partial charge in [0.1, 0.15) is 0 Å². The van der Waals surface area contributed by atoms with E-state index in [0.29, 0.717) is 13.1 Å². The van der Waals surface area contributed by atoms with Crippen LogP contribution in [0.4, 0.5) is 5.69 Å². The van der Waals surface area contributed by atoms with E-state index in [1.165, 1.54) is 0 Å². The molecule has 18 heavy (non-hydrogen) atoms. The van der Waals surface area contributed by atoms with Gasteiger partial charge in [-0.05, 0) is 40.5 Å². The molecular weight excluding hydrogens is 294 g/mol. The third kappa shape index (κ3) is 3.71. The highest BCUT2D eigenvalue weighted by Crippen LogP contribution is 2.27. The van der Waals surface area contributed by atoms with Crippen molar-refractivity contribution in [2.75, 3.05) is 32.1 Å². The maximum absolute atomic E-state index is 11.8. The summed E-state index contributed by atoms with van der Waals surface area (Å²) in [5, 5.41) is 0. The minimum absolute atomic E-state index is 0.0895. The highest BCUT2D eigenvalue weighted by atomic mass is 79.9. The summed E-state index contributed by atoms with van der Waals surface area (Å²) < 4.78 is 0.971. The van der Waals surface area contributed by atoms with Crippen molar-refractivity contribution in [1.82, 2.24) is 4.90 Å². The van der Waals surface area contributed by atoms with Gasteiger partial charge in [0.05, 0.1) is 12.2 Å². The lowest BCUT2D eigenvalue weighted by molar-refractivity contribution is -0.127. The van der Waals surface area contributed by atoms with E-state index in [-0.39, 0.29) is 5.91 Å². The number of nitrogens with two attached hydrogens (primary N) is 1. The van der Waals surface area contributed by atoms with Gasteiger partial charge in [0, 0.05) is 31.7 Å². The molecule has 100 valence electrons. The number of halogens is 1. The van der Waals surface area contributed by atoms with Gasteiger partial charge < -0.3 is 15.5 Å². The first-order valence-electron chi connectivity index (χ1n) is 5.93. The lowest BCUT2D eigenvalue weighted by Crippen LogP contribution is -2.36. The fraction of sp³-hybridized carbons (Fsp3) is 0.462. The molecule has 0 unspecified atom stereocenters. The van der Waals surface area contributed by atoms with Crippen LogP contribution >= 0.6 is 15.9 Å². The van der Waals surface area contributed by atoms with Crippen molar-refractivity contribution in [3.8, 4) is 0 Å². The lowest BCUT2D eigenvalue weighted by Gasteiger charge is -2.25. The largest absolute Gasteiger partial charge is 0.362 e. The topological polar surface area (TPSA) is 49.6 Å². The van der Waals surface area contributed by atoms with E-state index < -0.39 is 0 Å². The number of carbonyl (C=O) groups excluding carboxylic acids is 1. The predicted octanol–water partition coefficient (Wildman–Crippen LogP) is 1.82. The Morgan fingerprint density at radius 2 is 2.06 bits per heavy atom. The van der Waals surface area contributed by atoms with Crippen LogP contribution in [0.1, 0.15) is 12.5 Å². The van der Waals surface area contributed by atoms with Gasteiger partial charge in [-0.15, -0.1) is 0 Å². The van der Waals surface area contributed by atoms with Gasteiger partial charge in [-0.3, -0.25) is 4.79 Å². The summed E-state index contributed by atoms with van der Waals surface area (Å²) in [6.07, 6.45) is 0. The summed E-state index contributed by atoms with van der Waals surface area (Å²) in [6, 6.07) is 5.99. The number of amides is 1. The molecule has 0 aliphatic carbocycles. The standard InChI is InChI=1S/C13H20BrN3O/c1-4-17(9-13(18)16(2)3)12-6-5-10(8-15)7-11(12)14/h5-7H,4,8-9,15H2,1-3H3. The molecule has 1 aromatic rings. The number of nitrogens with zero attached hydrogens (tertiary/aromatic N) is 2. The normalized spacial score (nSPS) is 10.3. The molecule has 0 spiro atoms. The molecule has 0 aliphatic rings. The van der Waals surface area contributed by atoms with E-state index >= 15 is 0 Å². The summed E-state index contributed by atoms with van der Waals surface area (Å²) in [5.74, 6) is 0.0895. The molecule has 2 N–H and O–H groups in total. The number of hydrogen-bond acceptors (Lipinski definition) is 3. The second-order valence-electron chi connectivity index (χ2n) is 4.29. The van der Waals surface area contributed by atoms with Crippen molar-refractivity contribution >= 4 is 27.5 Å². The Bertz CT molecular complexity index is 421. The monoisotopic (exact) mass is 313 g/mol. The van der Waals surface area contributed by atoms with Crippen molar-refractivity contribution in [1.29, 1.82) is 0 Å². The van der Waals surface area contributed by atoms with Gasteiger partial charge in [0.2, 0.25) is 5.91 Å². The van der Waals surface area contributed by atoms with Crippen LogP contribution in [0, 0.1) is 0 Å². The molecular formula is C13H20BrN3O. The minimum atomic E-state index is 0.0895. The Morgan fingerprint density at radius 3 is 2.50 bits per heavy atom. The zero-order valence-corrected chi connectivity index (χ0v) is 12.7. The zero-order valence-electron chi connectivity index (χ0n) is 11.1. The molecule has 4 nitrogen and oxygen atoms in total. The smallest absolute Gasteiger partial charge is 0.241 e. The van der Waals surface area contributed by atoms with Crippen molar-refractivity contribution in [2.45, 2.75) is 13.5 Å². The van der Waals surface area contributed by atoms with Crippen molar-refractivity contribution in [2.24, 2.45) is 5.73 Å². The van der Waals surface area contributed by atoms with Gasteiger partial charge in [-0.1, -0.05) is 6.07 Å². The third-order valence-corrected chi connectivity index (χ3v) is 3.43. The summed E-state index contributed by atoms with van der Waals surface area (Å²) in [5.41, 5.74) is 7.69. The Hall–Kier alpha value is -1.07. The molecule has 1 aromatic carbocycles. The highest BCUT2D eigenvalue weighted by molar-refractivity contribution is 9.10. The number of anilines is 1. The zero-order chi connectivity index (χ0) is 13.7. The first kappa shape index (κ1) is 15.0. The molecule has 0 aromatic heterocycles. The SMILES string of the molecule is CCN(CC(=O)N(C)C)c1ccc(CN)cc1Br. The van der Waals surface area contributed by atoms with E-state index in [2.05, 4.69) is 15.9 Å². The molecule has 1 rings (SSSR count). The third-order valence-electron chi connectivity index (χ3n) is 2.80. The molecule has 0 fully saturated rings. The van der Waals surface area contributed by atoms with Crippen LogP contribution in [-0.4, -0.2) is 38.0 Å². The van der Waals surface area contributed by atoms with Crippen LogP contribution in [0.15, 0.2) is 22.7 Å². The quantitative estimate of drug-likeness (QED) is 0.902. The molecule has 1 amide bonds. The first-order chi connectivity index (χ1) is 8.49. The first-order valence-corrected chi connectivity index (χ1v) is 6.72. The second kappa shape index (κ2) is 6.75. The second-order valence-corrected chi connectivity index (χ2v) is 5.15. The summed E-state index contributed by atoms with van der Waals surface area (Å²) >= 11 is 3.53. The van der Waals surface area contributed by atoms with Crippen molar-refractivity contribution in [3.63, 3.8) is 0 Å². The predicted molar refractivity (Wildman–Crippen MR) is 78.6 cm³/mol. The van der Waals surface area contributed by atoms with Gasteiger partial charge in [0.15, 0.2) is 0 Å². The molecule has 0 saturated carbocycles. The Kier molecular flexibility index (Phi) is 5.62. The average Bonchev–Trinajstić information content (AvgIpc) is 2.35. The van der Waals surface area contributed by atoms with Crippen molar-refractivity contribution in [3.05, 3.63) is 28.2 Å². The maximum Gasteiger partial charge on any atom is 0.241 e. The fourth-order valence-electron chi connectivity index (χ4n) is 1.61. The van der Waals surface area contributed by atoms with Crippen LogP contribution in [0.2, 0.25) is 0 Å². The molecule has 0 aliphatic heterocycles. The number of rotatable bonds is 5. The van der Waals surface area contributed by atoms with Gasteiger partial charge in [-0.2, -0.15) is 0 Å². The molecule has 0 heterocycles. The highest BCUT2D eigenvalue weighted by Gasteiger charge is 2.14. The van der Waals surface area contributed by atoms with Crippen LogP contribution < -0.4 is 10.6 Å². The minimum Gasteiger partial charge on any atom is -0.362 e. The van der Waals surface area contributed by atoms with E-state index in [0.717, 1.165) is 22.3 Å². The van der Waals surface area contributed by atoms with Crippen LogP contribution in [0.5, 0.6) is 0 Å². The Labute approximate surface area is 117 Å². The van der Waals surface area contributed by atoms with Gasteiger partial charge >= 0.3 is 0 Å². The average molecular weight is 314 g/mol.